The van der Waals surface area contributed by atoms with E-state index < -0.39 is 0 Å². The molecule has 2 heterocycles. The van der Waals surface area contributed by atoms with E-state index in [0.717, 1.165) is 5.56 Å². The van der Waals surface area contributed by atoms with Gasteiger partial charge in [-0.25, -0.2) is 4.98 Å². The molecule has 1 amide bonds. The third-order valence-electron chi connectivity index (χ3n) is 4.86. The predicted molar refractivity (Wildman–Crippen MR) is 110 cm³/mol. The van der Waals surface area contributed by atoms with E-state index in [9.17, 15) is 4.79 Å². The molecule has 2 atom stereocenters. The summed E-state index contributed by atoms with van der Waals surface area (Å²) in [5.41, 5.74) is 3.64. The van der Waals surface area contributed by atoms with Gasteiger partial charge in [0, 0.05) is 0 Å². The second kappa shape index (κ2) is 7.92. The first-order valence-electron chi connectivity index (χ1n) is 9.79. The first-order valence-corrected chi connectivity index (χ1v) is 9.79. The molecular weight excluding hydrogens is 352 g/mol. The molecule has 3 rings (SSSR count). The largest absolute Gasteiger partial charge is 0.487 e. The molecule has 1 fully saturated rings. The Morgan fingerprint density at radius 1 is 1.21 bits per heavy atom. The maximum atomic E-state index is 13.1. The van der Waals surface area contributed by atoms with E-state index in [1.54, 1.807) is 18.3 Å². The molecule has 1 aromatic heterocycles. The summed E-state index contributed by atoms with van der Waals surface area (Å²) in [6.45, 7) is 13.1. The van der Waals surface area contributed by atoms with E-state index >= 15 is 0 Å². The summed E-state index contributed by atoms with van der Waals surface area (Å²) in [6.07, 6.45) is 1.50. The van der Waals surface area contributed by atoms with Crippen molar-refractivity contribution in [3.05, 3.63) is 58.9 Å². The third kappa shape index (κ3) is 4.71. The monoisotopic (exact) mass is 382 g/mol. The van der Waals surface area contributed by atoms with Gasteiger partial charge < -0.3 is 14.4 Å². The van der Waals surface area contributed by atoms with Gasteiger partial charge >= 0.3 is 0 Å². The number of ether oxygens (including phenoxy) is 2. The molecule has 2 unspecified atom stereocenters. The van der Waals surface area contributed by atoms with Crippen LogP contribution in [-0.4, -0.2) is 40.6 Å². The zero-order chi connectivity index (χ0) is 20.5. The summed E-state index contributed by atoms with van der Waals surface area (Å²) >= 11 is 0. The van der Waals surface area contributed by atoms with E-state index in [2.05, 4.69) is 37.0 Å². The molecule has 5 heteroatoms. The van der Waals surface area contributed by atoms with Gasteiger partial charge in [-0.05, 0) is 64.8 Å². The molecule has 5 nitrogen and oxygen atoms in total. The molecule has 0 spiro atoms. The Hall–Kier alpha value is -2.40. The van der Waals surface area contributed by atoms with Crippen molar-refractivity contribution in [2.24, 2.45) is 0 Å². The molecule has 1 aromatic carbocycles. The number of nitrogens with zero attached hydrogens (tertiary/aromatic N) is 2. The van der Waals surface area contributed by atoms with Gasteiger partial charge in [-0.1, -0.05) is 23.8 Å². The molecule has 0 radical (unpaired) electrons. The van der Waals surface area contributed by atoms with Gasteiger partial charge in [0.2, 0.25) is 0 Å². The summed E-state index contributed by atoms with van der Waals surface area (Å²) in [5, 5.41) is 0. The van der Waals surface area contributed by atoms with Gasteiger partial charge in [0.15, 0.2) is 0 Å². The minimum absolute atomic E-state index is 0.00108. The number of hydrogen-bond donors (Lipinski definition) is 0. The van der Waals surface area contributed by atoms with Gasteiger partial charge in [0.25, 0.3) is 5.91 Å². The quantitative estimate of drug-likeness (QED) is 0.785. The minimum atomic E-state index is -0.301. The fourth-order valence-corrected chi connectivity index (χ4v) is 3.40. The number of amides is 1. The molecule has 150 valence electrons. The lowest BCUT2D eigenvalue weighted by Crippen LogP contribution is -2.48. The van der Waals surface area contributed by atoms with E-state index in [-0.39, 0.29) is 23.7 Å². The average Bonchev–Trinajstić information content (AvgIpc) is 2.63. The number of hydrogen-bond acceptors (Lipinski definition) is 4. The van der Waals surface area contributed by atoms with Crippen molar-refractivity contribution in [1.82, 2.24) is 9.88 Å². The number of morpholine rings is 1. The van der Waals surface area contributed by atoms with Crippen molar-refractivity contribution in [3.8, 4) is 5.75 Å². The van der Waals surface area contributed by atoms with Crippen molar-refractivity contribution in [2.45, 2.75) is 59.3 Å². The number of carbonyl (C=O) groups is 1. The molecule has 0 aliphatic carbocycles. The van der Waals surface area contributed by atoms with E-state index in [0.29, 0.717) is 24.6 Å². The molecule has 1 aliphatic rings. The van der Waals surface area contributed by atoms with Gasteiger partial charge in [0.1, 0.15) is 23.1 Å². The SMILES string of the molecule is Cc1ccc(C)c(C2CN(C(=O)c3ccc(OC(C)(C)C)cn3)C(C)CO2)c1. The van der Waals surface area contributed by atoms with Crippen LogP contribution in [0.15, 0.2) is 36.5 Å². The van der Waals surface area contributed by atoms with Crippen LogP contribution in [0.5, 0.6) is 5.75 Å². The lowest BCUT2D eigenvalue weighted by Gasteiger charge is -2.38. The van der Waals surface area contributed by atoms with Gasteiger partial charge in [-0.3, -0.25) is 4.79 Å². The zero-order valence-electron chi connectivity index (χ0n) is 17.7. The lowest BCUT2D eigenvalue weighted by molar-refractivity contribution is -0.0491. The number of pyridine rings is 1. The van der Waals surface area contributed by atoms with E-state index in [4.69, 9.17) is 9.47 Å². The van der Waals surface area contributed by atoms with Crippen LogP contribution >= 0.6 is 0 Å². The van der Waals surface area contributed by atoms with Crippen LogP contribution in [0.3, 0.4) is 0 Å². The summed E-state index contributed by atoms with van der Waals surface area (Å²) in [4.78, 5) is 19.3. The molecule has 1 saturated heterocycles. The van der Waals surface area contributed by atoms with Gasteiger partial charge in [-0.2, -0.15) is 0 Å². The second-order valence-electron chi connectivity index (χ2n) is 8.58. The maximum Gasteiger partial charge on any atom is 0.272 e. The first kappa shape index (κ1) is 20.3. The minimum Gasteiger partial charge on any atom is -0.487 e. The van der Waals surface area contributed by atoms with Crippen LogP contribution in [0.2, 0.25) is 0 Å². The number of rotatable bonds is 3. The number of benzene rings is 1. The normalized spacial score (nSPS) is 20.1. The fourth-order valence-electron chi connectivity index (χ4n) is 3.40. The Balaban J connectivity index is 1.77. The van der Waals surface area contributed by atoms with Crippen molar-refractivity contribution in [2.75, 3.05) is 13.2 Å². The van der Waals surface area contributed by atoms with Crippen LogP contribution in [-0.2, 0) is 4.74 Å². The summed E-state index contributed by atoms with van der Waals surface area (Å²) in [7, 11) is 0. The van der Waals surface area contributed by atoms with Gasteiger partial charge in [0.05, 0.1) is 25.4 Å². The van der Waals surface area contributed by atoms with E-state index in [1.165, 1.54) is 11.1 Å². The number of aryl methyl sites for hydroxylation is 2. The van der Waals surface area contributed by atoms with Gasteiger partial charge in [-0.15, -0.1) is 0 Å². The van der Waals surface area contributed by atoms with Crippen LogP contribution < -0.4 is 4.74 Å². The van der Waals surface area contributed by atoms with Crippen LogP contribution in [0.4, 0.5) is 0 Å². The molecular formula is C23H30N2O3. The Bertz CT molecular complexity index is 840. The predicted octanol–water partition coefficient (Wildman–Crippen LogP) is 4.48. The highest BCUT2D eigenvalue weighted by Crippen LogP contribution is 2.29. The third-order valence-corrected chi connectivity index (χ3v) is 4.86. The molecule has 28 heavy (non-hydrogen) atoms. The van der Waals surface area contributed by atoms with Crippen LogP contribution in [0.1, 0.15) is 61.0 Å². The standard InChI is InChI=1S/C23H30N2O3/c1-15-7-8-16(2)19(11-15)21-13-25(17(3)14-27-21)22(26)20-10-9-18(12-24-20)28-23(4,5)6/h7-12,17,21H,13-14H2,1-6H3. The second-order valence-corrected chi connectivity index (χ2v) is 8.58. The van der Waals surface area contributed by atoms with Crippen molar-refractivity contribution < 1.29 is 14.3 Å². The molecule has 2 aromatic rings. The molecule has 0 N–H and O–H groups in total. The fraction of sp³-hybridized carbons (Fsp3) is 0.478. The highest BCUT2D eigenvalue weighted by Gasteiger charge is 2.32. The van der Waals surface area contributed by atoms with Crippen molar-refractivity contribution in [3.63, 3.8) is 0 Å². The highest BCUT2D eigenvalue weighted by molar-refractivity contribution is 5.92. The Morgan fingerprint density at radius 2 is 1.96 bits per heavy atom. The maximum absolute atomic E-state index is 13.1. The Labute approximate surface area is 167 Å². The Morgan fingerprint density at radius 3 is 2.61 bits per heavy atom. The number of carbonyl (C=O) groups excluding carboxylic acids is 1. The Kier molecular flexibility index (Phi) is 5.75. The lowest BCUT2D eigenvalue weighted by atomic mass is 9.98. The average molecular weight is 383 g/mol. The molecule has 0 bridgehead atoms. The first-order chi connectivity index (χ1) is 13.1. The molecule has 0 saturated carbocycles. The summed E-state index contributed by atoms with van der Waals surface area (Å²) < 4.78 is 11.9. The number of aromatic nitrogens is 1. The summed E-state index contributed by atoms with van der Waals surface area (Å²) in [6, 6.07) is 9.89. The van der Waals surface area contributed by atoms with E-state index in [1.807, 2.05) is 32.6 Å². The van der Waals surface area contributed by atoms with Crippen LogP contribution in [0.25, 0.3) is 0 Å². The topological polar surface area (TPSA) is 51.7 Å². The van der Waals surface area contributed by atoms with Crippen molar-refractivity contribution in [1.29, 1.82) is 0 Å². The smallest absolute Gasteiger partial charge is 0.272 e. The highest BCUT2D eigenvalue weighted by atomic mass is 16.5. The zero-order valence-corrected chi connectivity index (χ0v) is 17.7. The van der Waals surface area contributed by atoms with Crippen molar-refractivity contribution >= 4 is 5.91 Å². The molecule has 1 aliphatic heterocycles. The summed E-state index contributed by atoms with van der Waals surface area (Å²) in [5.74, 6) is 0.584. The van der Waals surface area contributed by atoms with Crippen LogP contribution in [0, 0.1) is 13.8 Å².